The van der Waals surface area contributed by atoms with Gasteiger partial charge in [-0.3, -0.25) is 19.3 Å². The number of imidazole rings is 1. The SMILES string of the molecule is C[C@H](Sc1nc2ncc(Cl)cc2[nH]1)C(=O)NCCN1C(=O)CSC1=O. The zero-order valence-corrected chi connectivity index (χ0v) is 15.5. The number of carbonyl (C=O) groups is 3. The number of halogens is 1. The molecule has 1 aliphatic rings. The third-order valence-electron chi connectivity index (χ3n) is 3.42. The highest BCUT2D eigenvalue weighted by atomic mass is 35.5. The van der Waals surface area contributed by atoms with Crippen LogP contribution in [0.25, 0.3) is 11.2 Å². The van der Waals surface area contributed by atoms with Crippen molar-refractivity contribution in [3.63, 3.8) is 0 Å². The van der Waals surface area contributed by atoms with Crippen molar-refractivity contribution in [1.82, 2.24) is 25.2 Å². The number of fused-ring (bicyclic) bond motifs is 1. The molecule has 3 rings (SSSR count). The molecule has 11 heteroatoms. The zero-order valence-electron chi connectivity index (χ0n) is 13.1. The van der Waals surface area contributed by atoms with E-state index in [1.54, 1.807) is 13.0 Å². The lowest BCUT2D eigenvalue weighted by atomic mass is 10.4. The first kappa shape index (κ1) is 18.0. The molecule has 3 heterocycles. The van der Waals surface area contributed by atoms with Crippen molar-refractivity contribution in [2.75, 3.05) is 18.8 Å². The molecule has 2 aromatic heterocycles. The quantitative estimate of drug-likeness (QED) is 0.714. The van der Waals surface area contributed by atoms with Gasteiger partial charge in [0.1, 0.15) is 0 Å². The fourth-order valence-electron chi connectivity index (χ4n) is 2.16. The first-order chi connectivity index (χ1) is 11.9. The Bertz CT molecular complexity index is 827. The van der Waals surface area contributed by atoms with Crippen LogP contribution in [-0.4, -0.2) is 61.0 Å². The number of amides is 3. The van der Waals surface area contributed by atoms with Crippen molar-refractivity contribution in [1.29, 1.82) is 0 Å². The molecule has 8 nitrogen and oxygen atoms in total. The van der Waals surface area contributed by atoms with Crippen LogP contribution in [-0.2, 0) is 9.59 Å². The maximum atomic E-state index is 12.1. The van der Waals surface area contributed by atoms with Crippen molar-refractivity contribution in [2.24, 2.45) is 0 Å². The fourth-order valence-corrected chi connectivity index (χ4v) is 3.90. The van der Waals surface area contributed by atoms with Gasteiger partial charge in [0.05, 0.1) is 21.5 Å². The lowest BCUT2D eigenvalue weighted by Crippen LogP contribution is -2.39. The summed E-state index contributed by atoms with van der Waals surface area (Å²) in [5.41, 5.74) is 1.23. The Morgan fingerprint density at radius 3 is 3.08 bits per heavy atom. The van der Waals surface area contributed by atoms with E-state index in [1.165, 1.54) is 18.0 Å². The second-order valence-electron chi connectivity index (χ2n) is 5.22. The van der Waals surface area contributed by atoms with E-state index in [2.05, 4.69) is 20.3 Å². The van der Waals surface area contributed by atoms with E-state index in [-0.39, 0.29) is 35.9 Å². The molecule has 0 spiro atoms. The van der Waals surface area contributed by atoms with E-state index in [9.17, 15) is 14.4 Å². The van der Waals surface area contributed by atoms with Crippen LogP contribution in [0.5, 0.6) is 0 Å². The molecule has 0 bridgehead atoms. The Hall–Kier alpha value is -1.78. The average molecular weight is 400 g/mol. The minimum absolute atomic E-state index is 0.170. The van der Waals surface area contributed by atoms with Gasteiger partial charge in [-0.1, -0.05) is 35.1 Å². The van der Waals surface area contributed by atoms with Gasteiger partial charge in [0.2, 0.25) is 11.8 Å². The average Bonchev–Trinajstić information content (AvgIpc) is 3.10. The molecule has 2 N–H and O–H groups in total. The monoisotopic (exact) mass is 399 g/mol. The van der Waals surface area contributed by atoms with E-state index < -0.39 is 5.25 Å². The second kappa shape index (κ2) is 7.63. The summed E-state index contributed by atoms with van der Waals surface area (Å²) in [6.45, 7) is 2.15. The maximum Gasteiger partial charge on any atom is 0.288 e. The molecule has 1 atom stereocenters. The number of hydrogen-bond donors (Lipinski definition) is 2. The summed E-state index contributed by atoms with van der Waals surface area (Å²) < 4.78 is 0. The topological polar surface area (TPSA) is 108 Å². The van der Waals surface area contributed by atoms with Crippen LogP contribution in [0, 0.1) is 0 Å². The number of thioether (sulfide) groups is 2. The third-order valence-corrected chi connectivity index (χ3v) is 5.46. The van der Waals surface area contributed by atoms with Gasteiger partial charge in [-0.25, -0.2) is 9.97 Å². The van der Waals surface area contributed by atoms with Gasteiger partial charge in [-0.05, 0) is 13.0 Å². The number of carbonyl (C=O) groups excluding carboxylic acids is 3. The normalized spacial score (nSPS) is 15.8. The Labute approximate surface area is 156 Å². The summed E-state index contributed by atoms with van der Waals surface area (Å²) in [7, 11) is 0. The molecule has 3 amide bonds. The number of rotatable bonds is 6. The van der Waals surface area contributed by atoms with Crippen LogP contribution in [0.15, 0.2) is 17.4 Å². The first-order valence-corrected chi connectivity index (χ1v) is 9.61. The van der Waals surface area contributed by atoms with Gasteiger partial charge in [0.15, 0.2) is 10.8 Å². The largest absolute Gasteiger partial charge is 0.353 e. The molecule has 0 unspecified atom stereocenters. The Morgan fingerprint density at radius 2 is 2.36 bits per heavy atom. The molecule has 132 valence electrons. The number of aromatic amines is 1. The summed E-state index contributed by atoms with van der Waals surface area (Å²) in [6.07, 6.45) is 1.51. The highest BCUT2D eigenvalue weighted by Crippen LogP contribution is 2.24. The van der Waals surface area contributed by atoms with Crippen LogP contribution in [0.1, 0.15) is 6.92 Å². The number of aromatic nitrogens is 3. The van der Waals surface area contributed by atoms with Gasteiger partial charge >= 0.3 is 0 Å². The van der Waals surface area contributed by atoms with Crippen molar-refractivity contribution >= 4 is 63.3 Å². The molecule has 1 fully saturated rings. The molecular weight excluding hydrogens is 386 g/mol. The summed E-state index contributed by atoms with van der Waals surface area (Å²) >= 11 is 8.11. The van der Waals surface area contributed by atoms with Crippen LogP contribution in [0.4, 0.5) is 4.79 Å². The van der Waals surface area contributed by atoms with E-state index in [4.69, 9.17) is 11.6 Å². The minimum Gasteiger partial charge on any atom is -0.353 e. The number of H-pyrrole nitrogens is 1. The van der Waals surface area contributed by atoms with Gasteiger partial charge in [-0.2, -0.15) is 0 Å². The molecular formula is C14H14ClN5O3S2. The zero-order chi connectivity index (χ0) is 18.0. The van der Waals surface area contributed by atoms with Crippen molar-refractivity contribution < 1.29 is 14.4 Å². The van der Waals surface area contributed by atoms with Gasteiger partial charge in [-0.15, -0.1) is 0 Å². The number of hydrogen-bond acceptors (Lipinski definition) is 7. The minimum atomic E-state index is -0.407. The van der Waals surface area contributed by atoms with E-state index in [1.807, 2.05) is 0 Å². The summed E-state index contributed by atoms with van der Waals surface area (Å²) in [6, 6.07) is 1.72. The van der Waals surface area contributed by atoms with E-state index in [0.717, 1.165) is 16.7 Å². The first-order valence-electron chi connectivity index (χ1n) is 7.37. The lowest BCUT2D eigenvalue weighted by molar-refractivity contribution is -0.125. The Kier molecular flexibility index (Phi) is 5.50. The van der Waals surface area contributed by atoms with Crippen LogP contribution < -0.4 is 5.32 Å². The lowest BCUT2D eigenvalue weighted by Gasteiger charge is -2.14. The molecule has 2 aromatic rings. The highest BCUT2D eigenvalue weighted by molar-refractivity contribution is 8.14. The Morgan fingerprint density at radius 1 is 1.56 bits per heavy atom. The number of pyridine rings is 1. The third kappa shape index (κ3) is 4.25. The predicted octanol–water partition coefficient (Wildman–Crippen LogP) is 1.90. The molecule has 25 heavy (non-hydrogen) atoms. The summed E-state index contributed by atoms with van der Waals surface area (Å²) in [5.74, 6) is -0.258. The molecule has 0 aromatic carbocycles. The van der Waals surface area contributed by atoms with E-state index in [0.29, 0.717) is 21.3 Å². The maximum absolute atomic E-state index is 12.1. The van der Waals surface area contributed by atoms with Gasteiger partial charge in [0, 0.05) is 19.3 Å². The number of imide groups is 1. The molecule has 1 saturated heterocycles. The van der Waals surface area contributed by atoms with Gasteiger partial charge < -0.3 is 10.3 Å². The molecule has 1 aliphatic heterocycles. The summed E-state index contributed by atoms with van der Waals surface area (Å²) in [5, 5.41) is 3.11. The van der Waals surface area contributed by atoms with Crippen LogP contribution >= 0.6 is 35.1 Å². The highest BCUT2D eigenvalue weighted by Gasteiger charge is 2.29. The number of nitrogens with zero attached hydrogens (tertiary/aromatic N) is 3. The van der Waals surface area contributed by atoms with Crippen LogP contribution in [0.3, 0.4) is 0 Å². The Balaban J connectivity index is 1.51. The number of nitrogens with one attached hydrogen (secondary N) is 2. The standard InChI is InChI=1S/C14H14ClN5O3S2/c1-7(12(22)16-2-3-20-10(21)6-24-14(20)23)25-13-18-9-4-8(15)5-17-11(9)19-13/h4-5,7H,2-3,6H2,1H3,(H,16,22)(H,17,18,19)/t7-/m0/s1. The van der Waals surface area contributed by atoms with Crippen molar-refractivity contribution in [3.05, 3.63) is 17.3 Å². The van der Waals surface area contributed by atoms with Gasteiger partial charge in [0.25, 0.3) is 5.24 Å². The molecule has 0 radical (unpaired) electrons. The molecule has 0 saturated carbocycles. The molecule has 0 aliphatic carbocycles. The predicted molar refractivity (Wildman–Crippen MR) is 96.8 cm³/mol. The smallest absolute Gasteiger partial charge is 0.288 e. The fraction of sp³-hybridized carbons (Fsp3) is 0.357. The second-order valence-corrected chi connectivity index (χ2v) is 7.91. The van der Waals surface area contributed by atoms with Crippen LogP contribution in [0.2, 0.25) is 5.02 Å². The van der Waals surface area contributed by atoms with E-state index >= 15 is 0 Å². The van der Waals surface area contributed by atoms with Crippen molar-refractivity contribution in [3.8, 4) is 0 Å². The van der Waals surface area contributed by atoms with Crippen molar-refractivity contribution in [2.45, 2.75) is 17.3 Å². The summed E-state index contributed by atoms with van der Waals surface area (Å²) in [4.78, 5) is 47.7.